The van der Waals surface area contributed by atoms with Crippen LogP contribution in [0.15, 0.2) is 36.4 Å². The van der Waals surface area contributed by atoms with Crippen molar-refractivity contribution in [3.05, 3.63) is 47.0 Å². The van der Waals surface area contributed by atoms with Crippen molar-refractivity contribution >= 4 is 40.6 Å². The molecule has 1 heterocycles. The third kappa shape index (κ3) is 5.01. The highest BCUT2D eigenvalue weighted by Gasteiger charge is 2.16. The van der Waals surface area contributed by atoms with Gasteiger partial charge >= 0.3 is 0 Å². The molecule has 8 heteroatoms. The average Bonchev–Trinajstić information content (AvgIpc) is 2.67. The zero-order valence-electron chi connectivity index (χ0n) is 15.2. The van der Waals surface area contributed by atoms with E-state index < -0.39 is 0 Å². The van der Waals surface area contributed by atoms with Crippen LogP contribution in [0.2, 0.25) is 5.02 Å². The number of fused-ring (bicyclic) bond motifs is 1. The second kappa shape index (κ2) is 8.75. The Hall–Kier alpha value is -3.06. The van der Waals surface area contributed by atoms with Crippen LogP contribution in [0.1, 0.15) is 30.1 Å². The van der Waals surface area contributed by atoms with E-state index in [0.29, 0.717) is 46.7 Å². The van der Waals surface area contributed by atoms with Crippen molar-refractivity contribution in [2.75, 3.05) is 23.8 Å². The molecule has 3 rings (SSSR count). The first-order chi connectivity index (χ1) is 13.4. The number of carbonyl (C=O) groups is 3. The van der Waals surface area contributed by atoms with Crippen LogP contribution in [0.4, 0.5) is 11.4 Å². The molecule has 2 aromatic rings. The van der Waals surface area contributed by atoms with Gasteiger partial charge in [0.1, 0.15) is 13.2 Å². The Morgan fingerprint density at radius 1 is 0.929 bits per heavy atom. The zero-order valence-corrected chi connectivity index (χ0v) is 16.0. The predicted molar refractivity (Wildman–Crippen MR) is 105 cm³/mol. The fourth-order valence-electron chi connectivity index (χ4n) is 2.72. The molecule has 0 aromatic heterocycles. The molecule has 2 N–H and O–H groups in total. The third-order valence-corrected chi connectivity index (χ3v) is 4.24. The van der Waals surface area contributed by atoms with Crippen molar-refractivity contribution in [2.24, 2.45) is 0 Å². The first-order valence-corrected chi connectivity index (χ1v) is 9.10. The molecular weight excluding hydrogens is 384 g/mol. The largest absolute Gasteiger partial charge is 0.486 e. The summed E-state index contributed by atoms with van der Waals surface area (Å²) < 4.78 is 10.9. The van der Waals surface area contributed by atoms with Gasteiger partial charge in [0.15, 0.2) is 17.3 Å². The van der Waals surface area contributed by atoms with Crippen molar-refractivity contribution in [2.45, 2.75) is 19.8 Å². The number of carbonyl (C=O) groups excluding carboxylic acids is 3. The van der Waals surface area contributed by atoms with Crippen LogP contribution in [0, 0.1) is 0 Å². The normalized spacial score (nSPS) is 12.2. The summed E-state index contributed by atoms with van der Waals surface area (Å²) in [6, 6.07) is 9.70. The van der Waals surface area contributed by atoms with E-state index in [4.69, 9.17) is 21.1 Å². The van der Waals surface area contributed by atoms with E-state index in [1.165, 1.54) is 13.0 Å². The molecule has 0 atom stereocenters. The Kier molecular flexibility index (Phi) is 6.16. The topological polar surface area (TPSA) is 93.7 Å². The number of ketones is 1. The minimum absolute atomic E-state index is 0.0146. The molecule has 0 spiro atoms. The van der Waals surface area contributed by atoms with E-state index in [2.05, 4.69) is 10.6 Å². The van der Waals surface area contributed by atoms with Gasteiger partial charge < -0.3 is 20.1 Å². The van der Waals surface area contributed by atoms with Crippen molar-refractivity contribution in [3.8, 4) is 11.5 Å². The van der Waals surface area contributed by atoms with Gasteiger partial charge in [0.2, 0.25) is 11.8 Å². The van der Waals surface area contributed by atoms with Gasteiger partial charge in [-0.25, -0.2) is 0 Å². The SMILES string of the molecule is CC(=O)Nc1ccc(Cl)cc1NC(=O)CCC(=O)c1ccc2c(c1)OCCO2. The quantitative estimate of drug-likeness (QED) is 0.719. The van der Waals surface area contributed by atoms with Crippen LogP contribution in [0.3, 0.4) is 0 Å². The molecule has 0 unspecified atom stereocenters. The minimum atomic E-state index is -0.361. The summed E-state index contributed by atoms with van der Waals surface area (Å²) in [4.78, 5) is 36.0. The standard InChI is InChI=1S/C20H19ClN2O5/c1-12(24)22-15-4-3-14(21)11-16(15)23-20(26)7-5-17(25)13-2-6-18-19(10-13)28-9-8-27-18/h2-4,6,10-11H,5,7-9H2,1H3,(H,22,24)(H,23,26). The van der Waals surface area contributed by atoms with Crippen molar-refractivity contribution in [3.63, 3.8) is 0 Å². The molecule has 7 nitrogen and oxygen atoms in total. The molecule has 1 aliphatic heterocycles. The molecule has 0 aliphatic carbocycles. The molecule has 1 aliphatic rings. The molecule has 2 aromatic carbocycles. The van der Waals surface area contributed by atoms with Crippen molar-refractivity contribution in [1.82, 2.24) is 0 Å². The molecule has 0 bridgehead atoms. The molecule has 0 fully saturated rings. The molecule has 0 radical (unpaired) electrons. The van der Waals surface area contributed by atoms with Crippen LogP contribution in [-0.2, 0) is 9.59 Å². The second-order valence-electron chi connectivity index (χ2n) is 6.20. The summed E-state index contributed by atoms with van der Waals surface area (Å²) >= 11 is 5.96. The first kappa shape index (κ1) is 19.7. The van der Waals surface area contributed by atoms with Gasteiger partial charge in [0.05, 0.1) is 11.4 Å². The Morgan fingerprint density at radius 3 is 2.43 bits per heavy atom. The number of amides is 2. The molecule has 146 valence electrons. The maximum Gasteiger partial charge on any atom is 0.224 e. The fraction of sp³-hybridized carbons (Fsp3) is 0.250. The first-order valence-electron chi connectivity index (χ1n) is 8.72. The van der Waals surface area contributed by atoms with Crippen LogP contribution in [0.25, 0.3) is 0 Å². The van der Waals surface area contributed by atoms with Crippen LogP contribution < -0.4 is 20.1 Å². The fourth-order valence-corrected chi connectivity index (χ4v) is 2.89. The molecule has 2 amide bonds. The number of anilines is 2. The number of rotatable bonds is 6. The molecule has 0 saturated carbocycles. The second-order valence-corrected chi connectivity index (χ2v) is 6.64. The number of hydrogen-bond donors (Lipinski definition) is 2. The van der Waals surface area contributed by atoms with Gasteiger partial charge in [-0.3, -0.25) is 14.4 Å². The van der Waals surface area contributed by atoms with Gasteiger partial charge in [-0.15, -0.1) is 0 Å². The van der Waals surface area contributed by atoms with Crippen LogP contribution in [0.5, 0.6) is 11.5 Å². The number of halogens is 1. The lowest BCUT2D eigenvalue weighted by Gasteiger charge is -2.18. The van der Waals surface area contributed by atoms with Gasteiger partial charge in [-0.05, 0) is 36.4 Å². The summed E-state index contributed by atoms with van der Waals surface area (Å²) in [6.45, 7) is 2.28. The number of hydrogen-bond acceptors (Lipinski definition) is 5. The lowest BCUT2D eigenvalue weighted by Crippen LogP contribution is -2.17. The zero-order chi connectivity index (χ0) is 20.1. The third-order valence-electron chi connectivity index (χ3n) is 4.01. The molecular formula is C20H19ClN2O5. The minimum Gasteiger partial charge on any atom is -0.486 e. The lowest BCUT2D eigenvalue weighted by atomic mass is 10.1. The van der Waals surface area contributed by atoms with Gasteiger partial charge in [-0.2, -0.15) is 0 Å². The average molecular weight is 403 g/mol. The van der Waals surface area contributed by atoms with Crippen LogP contribution in [-0.4, -0.2) is 30.8 Å². The maximum absolute atomic E-state index is 12.4. The number of benzene rings is 2. The smallest absolute Gasteiger partial charge is 0.224 e. The van der Waals surface area contributed by atoms with Crippen molar-refractivity contribution < 1.29 is 23.9 Å². The Labute approximate surface area is 167 Å². The Balaban J connectivity index is 1.61. The Morgan fingerprint density at radius 2 is 1.68 bits per heavy atom. The summed E-state index contributed by atoms with van der Waals surface area (Å²) in [7, 11) is 0. The number of ether oxygens (including phenoxy) is 2. The summed E-state index contributed by atoms with van der Waals surface area (Å²) in [5, 5.41) is 5.71. The number of Topliss-reactive ketones (excluding diaryl/α,β-unsaturated/α-hetero) is 1. The van der Waals surface area contributed by atoms with E-state index in [1.54, 1.807) is 30.3 Å². The lowest BCUT2D eigenvalue weighted by molar-refractivity contribution is -0.116. The van der Waals surface area contributed by atoms with E-state index in [9.17, 15) is 14.4 Å². The van der Waals surface area contributed by atoms with E-state index >= 15 is 0 Å². The summed E-state index contributed by atoms with van der Waals surface area (Å²) in [5.41, 5.74) is 1.27. The highest BCUT2D eigenvalue weighted by molar-refractivity contribution is 6.31. The van der Waals surface area contributed by atoms with E-state index in [0.717, 1.165) is 0 Å². The molecule has 0 saturated heterocycles. The predicted octanol–water partition coefficient (Wildman–Crippen LogP) is 3.67. The van der Waals surface area contributed by atoms with Gasteiger partial charge in [0, 0.05) is 30.4 Å². The summed E-state index contributed by atoms with van der Waals surface area (Å²) in [5.74, 6) is 0.319. The monoisotopic (exact) mass is 402 g/mol. The van der Waals surface area contributed by atoms with Crippen LogP contribution >= 0.6 is 11.6 Å². The highest BCUT2D eigenvalue weighted by atomic mass is 35.5. The highest BCUT2D eigenvalue weighted by Crippen LogP contribution is 2.31. The van der Waals surface area contributed by atoms with Gasteiger partial charge in [-0.1, -0.05) is 11.6 Å². The van der Waals surface area contributed by atoms with E-state index in [-0.39, 0.29) is 30.4 Å². The Bertz CT molecular complexity index is 929. The summed E-state index contributed by atoms with van der Waals surface area (Å²) in [6.07, 6.45) is 0.0147. The number of nitrogens with one attached hydrogen (secondary N) is 2. The van der Waals surface area contributed by atoms with E-state index in [1.807, 2.05) is 0 Å². The van der Waals surface area contributed by atoms with Gasteiger partial charge in [0.25, 0.3) is 0 Å². The maximum atomic E-state index is 12.4. The van der Waals surface area contributed by atoms with Crippen molar-refractivity contribution in [1.29, 1.82) is 0 Å². The molecule has 28 heavy (non-hydrogen) atoms.